The van der Waals surface area contributed by atoms with Crippen molar-refractivity contribution in [3.8, 4) is 0 Å². The first-order valence-corrected chi connectivity index (χ1v) is 11.3. The summed E-state index contributed by atoms with van der Waals surface area (Å²) in [6.45, 7) is 11.9. The van der Waals surface area contributed by atoms with Gasteiger partial charge in [0.1, 0.15) is 6.10 Å². The van der Waals surface area contributed by atoms with E-state index in [1.807, 2.05) is 5.06 Å². The number of carbonyl (C=O) groups is 2. The second-order valence-corrected chi connectivity index (χ2v) is 10.5. The molecule has 1 saturated heterocycles. The van der Waals surface area contributed by atoms with Gasteiger partial charge in [0.2, 0.25) is 0 Å². The summed E-state index contributed by atoms with van der Waals surface area (Å²) in [4.78, 5) is 28.8. The molecule has 0 aromatic heterocycles. The van der Waals surface area contributed by atoms with Crippen LogP contribution in [-0.2, 0) is 19.2 Å². The maximum absolute atomic E-state index is 12.3. The van der Waals surface area contributed by atoms with Crippen molar-refractivity contribution in [2.75, 3.05) is 6.61 Å². The Morgan fingerprint density at radius 1 is 0.933 bits per heavy atom. The predicted molar refractivity (Wildman–Crippen MR) is 116 cm³/mol. The highest BCUT2D eigenvalue weighted by Crippen LogP contribution is 2.40. The molecule has 0 bridgehead atoms. The van der Waals surface area contributed by atoms with Gasteiger partial charge in [0.25, 0.3) is 0 Å². The number of aliphatic hydroxyl groups is 1. The monoisotopic (exact) mass is 429 g/mol. The molecule has 0 spiro atoms. The number of nitrogens with zero attached hydrogens (tertiary/aromatic N) is 1. The van der Waals surface area contributed by atoms with Gasteiger partial charge in [0.05, 0.1) is 12.2 Å². The van der Waals surface area contributed by atoms with Crippen molar-refractivity contribution >= 4 is 11.9 Å². The molecule has 1 aliphatic rings. The number of hydrogen-bond acceptors (Lipinski definition) is 6. The Hall–Kier alpha value is -1.18. The van der Waals surface area contributed by atoms with Crippen molar-refractivity contribution in [2.45, 2.75) is 129 Å². The summed E-state index contributed by atoms with van der Waals surface area (Å²) in [5.74, 6) is -0.887. The fraction of sp³-hybridized carbons (Fsp3) is 0.913. The van der Waals surface area contributed by atoms with Gasteiger partial charge in [0.15, 0.2) is 0 Å². The number of aliphatic carboxylic acids is 1. The Balaban J connectivity index is 2.37. The lowest BCUT2D eigenvalue weighted by atomic mass is 9.80. The number of hydroxylamine groups is 2. The highest BCUT2D eigenvalue weighted by Gasteiger charge is 2.48. The topological polar surface area (TPSA) is 96.3 Å². The van der Waals surface area contributed by atoms with Crippen LogP contribution in [0.5, 0.6) is 0 Å². The van der Waals surface area contributed by atoms with Crippen molar-refractivity contribution in [1.82, 2.24) is 5.06 Å². The summed E-state index contributed by atoms with van der Waals surface area (Å²) in [5.41, 5.74) is -1.56. The number of esters is 1. The second kappa shape index (κ2) is 11.4. The number of unbranched alkanes of at least 4 members (excludes halogenated alkanes) is 5. The number of ether oxygens (including phenoxy) is 1. The van der Waals surface area contributed by atoms with Crippen molar-refractivity contribution in [3.63, 3.8) is 0 Å². The van der Waals surface area contributed by atoms with Gasteiger partial charge in [0, 0.05) is 36.8 Å². The molecule has 0 atom stereocenters. The molecule has 0 aliphatic carbocycles. The van der Waals surface area contributed by atoms with Crippen LogP contribution in [0.2, 0.25) is 0 Å². The molecule has 0 aromatic rings. The number of carboxylic acid groups (broad SMARTS) is 1. The highest BCUT2D eigenvalue weighted by molar-refractivity contribution is 5.69. The van der Waals surface area contributed by atoms with E-state index in [1.54, 1.807) is 13.8 Å². The largest absolute Gasteiger partial charge is 0.481 e. The molecular weight excluding hydrogens is 386 g/mol. The Morgan fingerprint density at radius 2 is 1.40 bits per heavy atom. The molecule has 1 heterocycles. The van der Waals surface area contributed by atoms with Crippen molar-refractivity contribution in [1.29, 1.82) is 0 Å². The van der Waals surface area contributed by atoms with Crippen LogP contribution < -0.4 is 0 Å². The molecule has 0 unspecified atom stereocenters. The quantitative estimate of drug-likeness (QED) is 0.329. The van der Waals surface area contributed by atoms with E-state index in [0.717, 1.165) is 38.5 Å². The summed E-state index contributed by atoms with van der Waals surface area (Å²) in [6, 6.07) is 0. The molecule has 0 aromatic carbocycles. The Labute approximate surface area is 182 Å². The normalized spacial score (nSPS) is 19.6. The van der Waals surface area contributed by atoms with Crippen LogP contribution in [0, 0.1) is 0 Å². The summed E-state index contributed by atoms with van der Waals surface area (Å²) in [5, 5.41) is 20.6. The molecule has 1 fully saturated rings. The van der Waals surface area contributed by atoms with E-state index in [1.165, 1.54) is 0 Å². The zero-order chi connectivity index (χ0) is 23.0. The summed E-state index contributed by atoms with van der Waals surface area (Å²) in [6.07, 6.45) is 7.30. The lowest BCUT2D eigenvalue weighted by Gasteiger charge is -2.53. The first-order valence-electron chi connectivity index (χ1n) is 11.3. The van der Waals surface area contributed by atoms with Crippen molar-refractivity contribution < 1.29 is 29.4 Å². The van der Waals surface area contributed by atoms with E-state index in [4.69, 9.17) is 14.7 Å². The summed E-state index contributed by atoms with van der Waals surface area (Å²) in [7, 11) is 0. The molecule has 0 radical (unpaired) electrons. The van der Waals surface area contributed by atoms with Gasteiger partial charge in [-0.05, 0) is 54.4 Å². The van der Waals surface area contributed by atoms with Crippen LogP contribution in [0.15, 0.2) is 0 Å². The van der Waals surface area contributed by atoms with E-state index >= 15 is 0 Å². The zero-order valence-electron chi connectivity index (χ0n) is 19.8. The number of carboxylic acids is 1. The first-order chi connectivity index (χ1) is 13.7. The average Bonchev–Trinajstić information content (AvgIpc) is 2.53. The fourth-order valence-corrected chi connectivity index (χ4v) is 4.32. The van der Waals surface area contributed by atoms with Gasteiger partial charge >= 0.3 is 11.9 Å². The SMILES string of the molecule is CC(C)(O)CON1C(C)(C)CC(OC(=O)CCCCCCCCC(=O)O)CC1(C)C. The Bertz CT molecular complexity index is 534. The maximum atomic E-state index is 12.3. The van der Waals surface area contributed by atoms with Gasteiger partial charge in [-0.15, -0.1) is 0 Å². The lowest BCUT2D eigenvalue weighted by molar-refractivity contribution is -0.306. The lowest BCUT2D eigenvalue weighted by Crippen LogP contribution is -2.62. The van der Waals surface area contributed by atoms with Crippen LogP contribution >= 0.6 is 0 Å². The summed E-state index contributed by atoms with van der Waals surface area (Å²) >= 11 is 0. The third-order valence-electron chi connectivity index (χ3n) is 5.42. The Kier molecular flexibility index (Phi) is 10.2. The number of piperidine rings is 1. The van der Waals surface area contributed by atoms with E-state index in [9.17, 15) is 14.7 Å². The van der Waals surface area contributed by atoms with Gasteiger partial charge in [-0.25, -0.2) is 0 Å². The molecular formula is C23H43NO6. The molecule has 0 amide bonds. The molecule has 30 heavy (non-hydrogen) atoms. The average molecular weight is 430 g/mol. The molecule has 1 aliphatic heterocycles. The molecule has 2 N–H and O–H groups in total. The van der Waals surface area contributed by atoms with Crippen LogP contribution in [-0.4, -0.2) is 56.6 Å². The van der Waals surface area contributed by atoms with Gasteiger partial charge in [-0.2, -0.15) is 5.06 Å². The second-order valence-electron chi connectivity index (χ2n) is 10.5. The van der Waals surface area contributed by atoms with Crippen LogP contribution in [0.1, 0.15) is 106 Å². The Morgan fingerprint density at radius 3 is 1.87 bits per heavy atom. The van der Waals surface area contributed by atoms with Crippen molar-refractivity contribution in [2.24, 2.45) is 0 Å². The third-order valence-corrected chi connectivity index (χ3v) is 5.42. The minimum atomic E-state index is -0.911. The van der Waals surface area contributed by atoms with Crippen LogP contribution in [0.25, 0.3) is 0 Å². The third kappa shape index (κ3) is 10.2. The smallest absolute Gasteiger partial charge is 0.306 e. The molecule has 176 valence electrons. The van der Waals surface area contributed by atoms with E-state index in [2.05, 4.69) is 27.7 Å². The fourth-order valence-electron chi connectivity index (χ4n) is 4.32. The minimum Gasteiger partial charge on any atom is -0.481 e. The van der Waals surface area contributed by atoms with Gasteiger partial charge < -0.3 is 14.9 Å². The number of carbonyl (C=O) groups excluding carboxylic acids is 1. The molecule has 1 rings (SSSR count). The zero-order valence-corrected chi connectivity index (χ0v) is 19.8. The maximum Gasteiger partial charge on any atom is 0.306 e. The van der Waals surface area contributed by atoms with Crippen LogP contribution in [0.3, 0.4) is 0 Å². The number of hydrogen-bond donors (Lipinski definition) is 2. The van der Waals surface area contributed by atoms with Crippen LogP contribution in [0.4, 0.5) is 0 Å². The highest BCUT2D eigenvalue weighted by atomic mass is 16.7. The van der Waals surface area contributed by atoms with E-state index < -0.39 is 11.6 Å². The summed E-state index contributed by atoms with van der Waals surface area (Å²) < 4.78 is 5.79. The number of rotatable bonds is 13. The first kappa shape index (κ1) is 26.9. The minimum absolute atomic E-state index is 0.150. The van der Waals surface area contributed by atoms with Gasteiger partial charge in [-0.3, -0.25) is 14.4 Å². The van der Waals surface area contributed by atoms with E-state index in [-0.39, 0.29) is 36.2 Å². The van der Waals surface area contributed by atoms with E-state index in [0.29, 0.717) is 19.3 Å². The molecule has 0 saturated carbocycles. The predicted octanol–water partition coefficient (Wildman–Crippen LogP) is 4.46. The van der Waals surface area contributed by atoms with Gasteiger partial charge in [-0.1, -0.05) is 25.7 Å². The molecule has 7 nitrogen and oxygen atoms in total. The van der Waals surface area contributed by atoms with Crippen molar-refractivity contribution in [3.05, 3.63) is 0 Å². The standard InChI is InChI=1S/C23H43NO6/c1-21(2)15-18(16-22(3,4)24(21)29-17-23(5,6)28)30-20(27)14-12-10-8-7-9-11-13-19(25)26/h18,28H,7-17H2,1-6H3,(H,25,26). The molecule has 7 heteroatoms.